The molecule has 5 nitrogen and oxygen atoms in total. The zero-order valence-corrected chi connectivity index (χ0v) is 19.6. The second-order valence-corrected chi connectivity index (χ2v) is 9.65. The van der Waals surface area contributed by atoms with Gasteiger partial charge in [-0.2, -0.15) is 0 Å². The monoisotopic (exact) mass is 435 g/mol. The molecular weight excluding hydrogens is 402 g/mol. The average molecular weight is 436 g/mol. The highest BCUT2D eigenvalue weighted by molar-refractivity contribution is 7.98. The fourth-order valence-electron chi connectivity index (χ4n) is 4.92. The maximum atomic E-state index is 5.13. The third kappa shape index (κ3) is 4.41. The maximum absolute atomic E-state index is 5.13. The lowest BCUT2D eigenvalue weighted by Crippen LogP contribution is -2.46. The molecule has 5 rings (SSSR count). The smallest absolute Gasteiger partial charge is 0.142 e. The van der Waals surface area contributed by atoms with Gasteiger partial charge in [0.05, 0.1) is 0 Å². The number of piperazine rings is 1. The molecule has 31 heavy (non-hydrogen) atoms. The zero-order valence-electron chi connectivity index (χ0n) is 18.8. The molecule has 0 unspecified atom stereocenters. The van der Waals surface area contributed by atoms with Gasteiger partial charge in [-0.25, -0.2) is 4.98 Å². The van der Waals surface area contributed by atoms with Crippen molar-refractivity contribution < 1.29 is 0 Å². The molecule has 0 saturated carbocycles. The van der Waals surface area contributed by atoms with Crippen LogP contribution in [0.3, 0.4) is 0 Å². The Morgan fingerprint density at radius 3 is 2.26 bits per heavy atom. The fraction of sp³-hybridized carbons (Fsp3) is 0.480. The standard InChI is InChI=1S/C25H33N5S/c1-20-19-30(14-13-27-11-3-4-12-27)25-23(20)9-10-24(26-25)29-17-15-28(16-18-29)21-5-7-22(31-2)8-6-21/h5-10,19H,3-4,11-18H2,1-2H3. The van der Waals surface area contributed by atoms with Crippen molar-refractivity contribution in [2.75, 3.05) is 61.9 Å². The molecule has 1 aromatic carbocycles. The van der Waals surface area contributed by atoms with Crippen LogP contribution in [0.25, 0.3) is 11.0 Å². The minimum Gasteiger partial charge on any atom is -0.368 e. The van der Waals surface area contributed by atoms with Gasteiger partial charge in [0.25, 0.3) is 0 Å². The lowest BCUT2D eigenvalue weighted by molar-refractivity contribution is 0.324. The molecule has 3 aromatic rings. The molecule has 6 heteroatoms. The number of anilines is 2. The molecule has 164 valence electrons. The second-order valence-electron chi connectivity index (χ2n) is 8.77. The Morgan fingerprint density at radius 1 is 0.839 bits per heavy atom. The Bertz CT molecular complexity index is 1010. The van der Waals surface area contributed by atoms with Gasteiger partial charge >= 0.3 is 0 Å². The highest BCUT2D eigenvalue weighted by Crippen LogP contribution is 2.26. The lowest BCUT2D eigenvalue weighted by atomic mass is 10.2. The van der Waals surface area contributed by atoms with Crippen LogP contribution in [-0.4, -0.2) is 66.5 Å². The van der Waals surface area contributed by atoms with Crippen molar-refractivity contribution in [3.05, 3.63) is 48.2 Å². The number of fused-ring (bicyclic) bond motifs is 1. The molecule has 0 bridgehead atoms. The first-order chi connectivity index (χ1) is 15.2. The average Bonchev–Trinajstić information content (AvgIpc) is 3.45. The maximum Gasteiger partial charge on any atom is 0.142 e. The van der Waals surface area contributed by atoms with Gasteiger partial charge in [-0.3, -0.25) is 0 Å². The van der Waals surface area contributed by atoms with Crippen LogP contribution < -0.4 is 9.80 Å². The van der Waals surface area contributed by atoms with Gasteiger partial charge in [0, 0.05) is 61.4 Å². The van der Waals surface area contributed by atoms with E-state index < -0.39 is 0 Å². The van der Waals surface area contributed by atoms with Crippen molar-refractivity contribution >= 4 is 34.3 Å². The molecule has 4 heterocycles. The highest BCUT2D eigenvalue weighted by Gasteiger charge is 2.20. The van der Waals surface area contributed by atoms with Gasteiger partial charge in [-0.15, -0.1) is 11.8 Å². The Labute approximate surface area is 190 Å². The van der Waals surface area contributed by atoms with Crippen molar-refractivity contribution in [2.24, 2.45) is 0 Å². The zero-order chi connectivity index (χ0) is 21.2. The van der Waals surface area contributed by atoms with Crippen LogP contribution in [0, 0.1) is 6.92 Å². The first kappa shape index (κ1) is 20.7. The normalized spacial score (nSPS) is 17.7. The number of hydrogen-bond acceptors (Lipinski definition) is 5. The van der Waals surface area contributed by atoms with Crippen LogP contribution in [-0.2, 0) is 6.54 Å². The number of hydrogen-bond donors (Lipinski definition) is 0. The van der Waals surface area contributed by atoms with Crippen molar-refractivity contribution in [2.45, 2.75) is 31.2 Å². The minimum atomic E-state index is 1.01. The van der Waals surface area contributed by atoms with Crippen LogP contribution in [0.15, 0.2) is 47.5 Å². The SMILES string of the molecule is CSc1ccc(N2CCN(c3ccc4c(C)cn(CCN5CCCC5)c4n3)CC2)cc1. The molecule has 0 spiro atoms. The Hall–Kier alpha value is -2.18. The molecule has 0 N–H and O–H groups in total. The number of rotatable bonds is 6. The number of nitrogens with zero attached hydrogens (tertiary/aromatic N) is 5. The minimum absolute atomic E-state index is 1.01. The van der Waals surface area contributed by atoms with E-state index in [2.05, 4.69) is 75.0 Å². The Kier molecular flexibility index (Phi) is 6.10. The van der Waals surface area contributed by atoms with Crippen molar-refractivity contribution in [1.29, 1.82) is 0 Å². The highest BCUT2D eigenvalue weighted by atomic mass is 32.2. The molecule has 2 saturated heterocycles. The molecular formula is C25H33N5S. The van der Waals surface area contributed by atoms with E-state index in [0.717, 1.165) is 50.7 Å². The number of aromatic nitrogens is 2. The molecule has 2 aliphatic heterocycles. The summed E-state index contributed by atoms with van der Waals surface area (Å²) in [5, 5.41) is 1.29. The predicted molar refractivity (Wildman–Crippen MR) is 133 cm³/mol. The summed E-state index contributed by atoms with van der Waals surface area (Å²) in [5.41, 5.74) is 3.80. The van der Waals surface area contributed by atoms with E-state index >= 15 is 0 Å². The van der Waals surface area contributed by atoms with Crippen molar-refractivity contribution in [1.82, 2.24) is 14.5 Å². The number of pyridine rings is 1. The molecule has 0 aliphatic carbocycles. The van der Waals surface area contributed by atoms with Gasteiger partial charge in [0.2, 0.25) is 0 Å². The lowest BCUT2D eigenvalue weighted by Gasteiger charge is -2.36. The topological polar surface area (TPSA) is 27.5 Å². The van der Waals surface area contributed by atoms with E-state index in [1.807, 2.05) is 0 Å². The summed E-state index contributed by atoms with van der Waals surface area (Å²) in [5.74, 6) is 1.12. The molecule has 2 fully saturated rings. The first-order valence-corrected chi connectivity index (χ1v) is 12.8. The van der Waals surface area contributed by atoms with Gasteiger partial charge in [0.1, 0.15) is 11.5 Å². The van der Waals surface area contributed by atoms with Gasteiger partial charge < -0.3 is 19.3 Å². The summed E-state index contributed by atoms with van der Waals surface area (Å²) < 4.78 is 2.37. The van der Waals surface area contributed by atoms with Crippen LogP contribution in [0.1, 0.15) is 18.4 Å². The largest absolute Gasteiger partial charge is 0.368 e. The summed E-state index contributed by atoms with van der Waals surface area (Å²) in [6.07, 6.45) is 7.11. The Morgan fingerprint density at radius 2 is 1.55 bits per heavy atom. The number of thioether (sulfide) groups is 1. The van der Waals surface area contributed by atoms with E-state index in [1.165, 1.54) is 47.5 Å². The van der Waals surface area contributed by atoms with Crippen molar-refractivity contribution in [3.8, 4) is 0 Å². The van der Waals surface area contributed by atoms with Crippen LogP contribution in [0.4, 0.5) is 11.5 Å². The summed E-state index contributed by atoms with van der Waals surface area (Å²) in [6, 6.07) is 13.4. The van der Waals surface area contributed by atoms with Gasteiger partial charge in [0.15, 0.2) is 0 Å². The summed E-state index contributed by atoms with van der Waals surface area (Å²) in [7, 11) is 0. The van der Waals surface area contributed by atoms with Crippen LogP contribution in [0.2, 0.25) is 0 Å². The molecule has 0 atom stereocenters. The molecule has 0 amide bonds. The van der Waals surface area contributed by atoms with Crippen LogP contribution in [0.5, 0.6) is 0 Å². The Balaban J connectivity index is 1.28. The number of likely N-dealkylation sites (tertiary alicyclic amines) is 1. The molecule has 2 aliphatic rings. The van der Waals surface area contributed by atoms with Gasteiger partial charge in [-0.05, 0) is 81.1 Å². The van der Waals surface area contributed by atoms with Gasteiger partial charge in [-0.1, -0.05) is 0 Å². The molecule has 2 aromatic heterocycles. The van der Waals surface area contributed by atoms with Crippen molar-refractivity contribution in [3.63, 3.8) is 0 Å². The summed E-state index contributed by atoms with van der Waals surface area (Å²) in [6.45, 7) is 11.0. The van der Waals surface area contributed by atoms with E-state index in [4.69, 9.17) is 4.98 Å². The van der Waals surface area contributed by atoms with Crippen LogP contribution >= 0.6 is 11.8 Å². The predicted octanol–water partition coefficient (Wildman–Crippen LogP) is 4.49. The van der Waals surface area contributed by atoms with E-state index in [9.17, 15) is 0 Å². The number of benzene rings is 1. The number of aryl methyl sites for hydroxylation is 1. The first-order valence-electron chi connectivity index (χ1n) is 11.5. The quantitative estimate of drug-likeness (QED) is 0.532. The summed E-state index contributed by atoms with van der Waals surface area (Å²) >= 11 is 1.80. The molecule has 0 radical (unpaired) electrons. The third-order valence-corrected chi connectivity index (χ3v) is 7.55. The van der Waals surface area contributed by atoms with E-state index in [0.29, 0.717) is 0 Å². The van der Waals surface area contributed by atoms with E-state index in [-0.39, 0.29) is 0 Å². The summed E-state index contributed by atoms with van der Waals surface area (Å²) in [4.78, 5) is 14.0. The van der Waals surface area contributed by atoms with E-state index in [1.54, 1.807) is 11.8 Å². The fourth-order valence-corrected chi connectivity index (χ4v) is 5.33. The third-order valence-electron chi connectivity index (χ3n) is 6.80. The second kappa shape index (κ2) is 9.13.